The van der Waals surface area contributed by atoms with E-state index in [1.54, 1.807) is 89.8 Å². The predicted molar refractivity (Wildman–Crippen MR) is 184 cm³/mol. The van der Waals surface area contributed by atoms with Gasteiger partial charge >= 0.3 is 0 Å². The zero-order valence-electron chi connectivity index (χ0n) is 26.4. The molecule has 12 heteroatoms. The summed E-state index contributed by atoms with van der Waals surface area (Å²) in [6.45, 7) is 0. The van der Waals surface area contributed by atoms with Gasteiger partial charge in [-0.1, -0.05) is 12.1 Å². The van der Waals surface area contributed by atoms with Crippen LogP contribution < -0.4 is 9.47 Å². The second kappa shape index (κ2) is 13.3. The lowest BCUT2D eigenvalue weighted by Gasteiger charge is -2.12. The number of hydrogen-bond acceptors (Lipinski definition) is 7. The fourth-order valence-electron chi connectivity index (χ4n) is 5.92. The van der Waals surface area contributed by atoms with Crippen LogP contribution in [0, 0.1) is 0 Å². The van der Waals surface area contributed by atoms with Crippen molar-refractivity contribution in [2.24, 2.45) is 0 Å². The van der Waals surface area contributed by atoms with E-state index in [4.69, 9.17) is 9.47 Å². The molecule has 0 amide bonds. The number of ether oxygens (including phenoxy) is 2. The number of aromatic nitrogens is 6. The maximum Gasteiger partial charge on any atom is 0.264 e. The first-order valence-electron chi connectivity index (χ1n) is 15.6. The lowest BCUT2D eigenvalue weighted by molar-refractivity contribution is 0.150. The molecular weight excluding hydrogens is 660 g/mol. The van der Waals surface area contributed by atoms with Crippen LogP contribution in [0.3, 0.4) is 0 Å². The molecule has 0 N–H and O–H groups in total. The molecule has 0 bridgehead atoms. The smallest absolute Gasteiger partial charge is 0.264 e. The number of nitrogens with zero attached hydrogens (tertiary/aromatic N) is 6. The van der Waals surface area contributed by atoms with Crippen LogP contribution in [0.1, 0.15) is 24.0 Å². The van der Waals surface area contributed by atoms with Crippen LogP contribution in [-0.4, -0.2) is 29.5 Å². The topological polar surface area (TPSA) is 87.8 Å². The number of benzene rings is 4. The van der Waals surface area contributed by atoms with Crippen LogP contribution in [0.2, 0.25) is 0 Å². The Kier molecular flexibility index (Phi) is 8.24. The molecule has 51 heavy (non-hydrogen) atoms. The summed E-state index contributed by atoms with van der Waals surface area (Å²) in [6, 6.07) is 30.0. The molecule has 0 atom stereocenters. The van der Waals surface area contributed by atoms with Gasteiger partial charge in [-0.15, -0.1) is 0 Å². The van der Waals surface area contributed by atoms with E-state index in [-0.39, 0.29) is 22.6 Å². The van der Waals surface area contributed by atoms with Crippen molar-refractivity contribution in [3.05, 3.63) is 145 Å². The predicted octanol–water partition coefficient (Wildman–Crippen LogP) is 10.6. The SMILES string of the molecule is FC(F)c1cc(Oc2ccc3c4ccc(Oc5cc(-c6ccccn6)cc(C(F)F)c5)cc4n(-c4ncncn4)c3c2)cc(-c2ccccn2)c1. The van der Waals surface area contributed by atoms with Crippen molar-refractivity contribution in [3.8, 4) is 51.5 Å². The largest absolute Gasteiger partial charge is 0.457 e. The van der Waals surface area contributed by atoms with Crippen LogP contribution in [0.5, 0.6) is 23.0 Å². The van der Waals surface area contributed by atoms with Crippen LogP contribution in [0.15, 0.2) is 134 Å². The van der Waals surface area contributed by atoms with Gasteiger partial charge in [-0.25, -0.2) is 32.5 Å². The summed E-state index contributed by atoms with van der Waals surface area (Å²) >= 11 is 0. The van der Waals surface area contributed by atoms with Crippen LogP contribution in [0.4, 0.5) is 17.6 Å². The first-order chi connectivity index (χ1) is 24.9. The third-order valence-corrected chi connectivity index (χ3v) is 8.14. The molecule has 0 spiro atoms. The van der Waals surface area contributed by atoms with E-state index in [0.29, 0.717) is 51.0 Å². The highest BCUT2D eigenvalue weighted by molar-refractivity contribution is 6.09. The van der Waals surface area contributed by atoms with Gasteiger partial charge in [0, 0.05) is 57.6 Å². The van der Waals surface area contributed by atoms with Gasteiger partial charge in [0.05, 0.1) is 22.4 Å². The van der Waals surface area contributed by atoms with E-state index in [1.807, 2.05) is 12.1 Å². The summed E-state index contributed by atoms with van der Waals surface area (Å²) in [6.07, 6.45) is 0.473. The average Bonchev–Trinajstić information content (AvgIpc) is 3.48. The number of hydrogen-bond donors (Lipinski definition) is 0. The highest BCUT2D eigenvalue weighted by Crippen LogP contribution is 2.39. The van der Waals surface area contributed by atoms with E-state index in [9.17, 15) is 17.6 Å². The lowest BCUT2D eigenvalue weighted by atomic mass is 10.1. The van der Waals surface area contributed by atoms with E-state index in [2.05, 4.69) is 24.9 Å². The fourth-order valence-corrected chi connectivity index (χ4v) is 5.92. The third-order valence-electron chi connectivity index (χ3n) is 8.14. The van der Waals surface area contributed by atoms with Gasteiger partial charge in [-0.05, 0) is 84.9 Å². The Morgan fingerprint density at radius 2 is 0.980 bits per heavy atom. The van der Waals surface area contributed by atoms with Gasteiger partial charge in [-0.3, -0.25) is 14.5 Å². The van der Waals surface area contributed by atoms with Gasteiger partial charge in [0.2, 0.25) is 5.95 Å². The monoisotopic (exact) mass is 684 g/mol. The Labute approximate surface area is 287 Å². The number of rotatable bonds is 9. The van der Waals surface area contributed by atoms with Crippen molar-refractivity contribution in [2.45, 2.75) is 12.9 Å². The van der Waals surface area contributed by atoms with Gasteiger partial charge in [0.1, 0.15) is 35.7 Å². The Bertz CT molecular complexity index is 2340. The Morgan fingerprint density at radius 3 is 1.41 bits per heavy atom. The molecule has 0 saturated heterocycles. The Morgan fingerprint density at radius 1 is 0.490 bits per heavy atom. The molecule has 0 aliphatic rings. The van der Waals surface area contributed by atoms with Crippen molar-refractivity contribution in [3.63, 3.8) is 0 Å². The minimum Gasteiger partial charge on any atom is -0.457 e. The van der Waals surface area contributed by atoms with Gasteiger partial charge < -0.3 is 9.47 Å². The summed E-state index contributed by atoms with van der Waals surface area (Å²) in [4.78, 5) is 21.3. The maximum atomic E-state index is 13.9. The molecule has 4 heterocycles. The standard InChI is InChI=1S/C39H24F4N6O2/c40-37(41)25-13-23(33-5-1-3-11-45-33)15-29(17-25)50-27-7-9-31-32-10-8-28(20-36(32)49(35(31)19-27)39-47-21-44-22-48-39)51-30-16-24(14-26(18-30)38(42)43)34-6-2-4-12-46-34/h1-22,37-38H. The zero-order chi connectivity index (χ0) is 34.9. The molecule has 4 aromatic carbocycles. The van der Waals surface area contributed by atoms with E-state index in [0.717, 1.165) is 10.8 Å². The molecule has 8 rings (SSSR count). The lowest BCUT2D eigenvalue weighted by Crippen LogP contribution is -2.01. The van der Waals surface area contributed by atoms with Crippen molar-refractivity contribution < 1.29 is 27.0 Å². The van der Waals surface area contributed by atoms with E-state index in [1.165, 1.54) is 36.9 Å². The van der Waals surface area contributed by atoms with Gasteiger partial charge in [0.25, 0.3) is 12.9 Å². The first kappa shape index (κ1) is 31.6. The fraction of sp³-hybridized carbons (Fsp3) is 0.0513. The van der Waals surface area contributed by atoms with E-state index >= 15 is 0 Å². The molecule has 8 aromatic rings. The normalized spacial score (nSPS) is 11.5. The van der Waals surface area contributed by atoms with Crippen LogP contribution in [-0.2, 0) is 0 Å². The van der Waals surface area contributed by atoms with Crippen molar-refractivity contribution in [2.75, 3.05) is 0 Å². The molecule has 250 valence electrons. The summed E-state index contributed by atoms with van der Waals surface area (Å²) in [5, 5.41) is 1.63. The summed E-state index contributed by atoms with van der Waals surface area (Å²) < 4.78 is 69.9. The molecular formula is C39H24F4N6O2. The van der Waals surface area contributed by atoms with Crippen molar-refractivity contribution in [1.29, 1.82) is 0 Å². The third kappa shape index (κ3) is 6.42. The first-order valence-corrected chi connectivity index (χ1v) is 15.6. The molecule has 0 radical (unpaired) electrons. The minimum absolute atomic E-state index is 0.202. The molecule has 8 nitrogen and oxygen atoms in total. The number of pyridine rings is 2. The number of fused-ring (bicyclic) bond motifs is 3. The molecule has 0 aliphatic heterocycles. The molecule has 0 unspecified atom stereocenters. The summed E-state index contributed by atoms with van der Waals surface area (Å²) in [5.41, 5.74) is 2.94. The van der Waals surface area contributed by atoms with Crippen molar-refractivity contribution >= 4 is 21.8 Å². The molecule has 0 saturated carbocycles. The Balaban J connectivity index is 1.21. The second-order valence-electron chi connectivity index (χ2n) is 11.4. The molecule has 0 fully saturated rings. The highest BCUT2D eigenvalue weighted by atomic mass is 19.3. The summed E-state index contributed by atoms with van der Waals surface area (Å²) in [5.74, 6) is 1.47. The molecule has 4 aromatic heterocycles. The quantitative estimate of drug-likeness (QED) is 0.140. The number of halogens is 4. The molecule has 0 aliphatic carbocycles. The summed E-state index contributed by atoms with van der Waals surface area (Å²) in [7, 11) is 0. The highest BCUT2D eigenvalue weighted by Gasteiger charge is 2.19. The van der Waals surface area contributed by atoms with E-state index < -0.39 is 12.9 Å². The average molecular weight is 685 g/mol. The van der Waals surface area contributed by atoms with Gasteiger partial charge in [0.15, 0.2) is 0 Å². The Hall–Kier alpha value is -6.69. The maximum absolute atomic E-state index is 13.9. The second-order valence-corrected chi connectivity index (χ2v) is 11.4. The van der Waals surface area contributed by atoms with Crippen LogP contribution in [0.25, 0.3) is 50.3 Å². The van der Waals surface area contributed by atoms with Crippen molar-refractivity contribution in [1.82, 2.24) is 29.5 Å². The van der Waals surface area contributed by atoms with Crippen LogP contribution >= 0.6 is 0 Å². The van der Waals surface area contributed by atoms with Gasteiger partial charge in [-0.2, -0.15) is 0 Å². The number of alkyl halides is 4. The zero-order valence-corrected chi connectivity index (χ0v) is 26.4. The minimum atomic E-state index is -2.72.